The summed E-state index contributed by atoms with van der Waals surface area (Å²) in [6.07, 6.45) is 5.32. The van der Waals surface area contributed by atoms with Crippen LogP contribution in [0.1, 0.15) is 31.7 Å². The maximum atomic E-state index is 14.6. The number of halogens is 1. The fourth-order valence-electron chi connectivity index (χ4n) is 2.53. The third-order valence-electron chi connectivity index (χ3n) is 4.00. The molecule has 2 fully saturated rings. The molecule has 0 amide bonds. The van der Waals surface area contributed by atoms with Crippen molar-refractivity contribution in [2.45, 2.75) is 44.0 Å². The number of rotatable bonds is 5. The van der Waals surface area contributed by atoms with Gasteiger partial charge in [-0.05, 0) is 25.3 Å². The SMILES string of the molecule is CCC1CN(c2nccc(CNC3CC3)c2F)CCS1. The zero-order valence-corrected chi connectivity index (χ0v) is 12.8. The second-order valence-corrected chi connectivity index (χ2v) is 7.02. The quantitative estimate of drug-likeness (QED) is 0.904. The van der Waals surface area contributed by atoms with Crippen LogP contribution in [-0.2, 0) is 6.54 Å². The number of thioether (sulfide) groups is 1. The Kier molecular flexibility index (Phi) is 4.46. The largest absolute Gasteiger partial charge is 0.352 e. The molecule has 20 heavy (non-hydrogen) atoms. The van der Waals surface area contributed by atoms with Crippen LogP contribution >= 0.6 is 11.8 Å². The standard InChI is InChI=1S/C15H22FN3S/c1-2-13-10-19(7-8-20-13)15-14(16)11(5-6-17-15)9-18-12-3-4-12/h5-6,12-13,18H,2-4,7-10H2,1H3. The summed E-state index contributed by atoms with van der Waals surface area (Å²) >= 11 is 1.99. The minimum absolute atomic E-state index is 0.137. The molecule has 110 valence electrons. The molecular formula is C15H22FN3S. The van der Waals surface area contributed by atoms with E-state index in [9.17, 15) is 4.39 Å². The molecule has 1 N–H and O–H groups in total. The van der Waals surface area contributed by atoms with Crippen LogP contribution in [0.15, 0.2) is 12.3 Å². The Bertz CT molecular complexity index is 464. The van der Waals surface area contributed by atoms with Gasteiger partial charge in [-0.1, -0.05) is 6.92 Å². The lowest BCUT2D eigenvalue weighted by atomic mass is 10.2. The van der Waals surface area contributed by atoms with Crippen LogP contribution in [0.5, 0.6) is 0 Å². The third kappa shape index (κ3) is 3.26. The van der Waals surface area contributed by atoms with Gasteiger partial charge in [0.25, 0.3) is 0 Å². The lowest BCUT2D eigenvalue weighted by Gasteiger charge is -2.33. The van der Waals surface area contributed by atoms with Crippen molar-refractivity contribution in [1.82, 2.24) is 10.3 Å². The first-order valence-corrected chi connectivity index (χ1v) is 8.56. The number of pyridine rings is 1. The molecule has 0 bridgehead atoms. The highest BCUT2D eigenvalue weighted by molar-refractivity contribution is 8.00. The van der Waals surface area contributed by atoms with Gasteiger partial charge < -0.3 is 10.2 Å². The molecule has 2 heterocycles. The number of nitrogens with zero attached hydrogens (tertiary/aromatic N) is 2. The maximum absolute atomic E-state index is 14.6. The molecule has 1 saturated heterocycles. The highest BCUT2D eigenvalue weighted by Gasteiger charge is 2.24. The van der Waals surface area contributed by atoms with Gasteiger partial charge in [-0.25, -0.2) is 9.37 Å². The van der Waals surface area contributed by atoms with Gasteiger partial charge in [0, 0.05) is 48.4 Å². The van der Waals surface area contributed by atoms with Crippen LogP contribution < -0.4 is 10.2 Å². The number of anilines is 1. The Morgan fingerprint density at radius 3 is 3.10 bits per heavy atom. The van der Waals surface area contributed by atoms with Crippen LogP contribution in [0.2, 0.25) is 0 Å². The predicted octanol–water partition coefficient (Wildman–Crippen LogP) is 2.80. The molecule has 1 aromatic rings. The van der Waals surface area contributed by atoms with Gasteiger partial charge in [0.1, 0.15) is 0 Å². The third-order valence-corrected chi connectivity index (χ3v) is 5.38. The minimum Gasteiger partial charge on any atom is -0.352 e. The van der Waals surface area contributed by atoms with Gasteiger partial charge in [0.05, 0.1) is 0 Å². The van der Waals surface area contributed by atoms with E-state index in [4.69, 9.17) is 0 Å². The summed E-state index contributed by atoms with van der Waals surface area (Å²) in [5, 5.41) is 3.97. The summed E-state index contributed by atoms with van der Waals surface area (Å²) in [5.74, 6) is 1.46. The Morgan fingerprint density at radius 2 is 2.35 bits per heavy atom. The fraction of sp³-hybridized carbons (Fsp3) is 0.667. The summed E-state index contributed by atoms with van der Waals surface area (Å²) in [6, 6.07) is 2.39. The number of aromatic nitrogens is 1. The second-order valence-electron chi connectivity index (χ2n) is 5.61. The number of hydrogen-bond donors (Lipinski definition) is 1. The van der Waals surface area contributed by atoms with Crippen molar-refractivity contribution >= 4 is 17.6 Å². The maximum Gasteiger partial charge on any atom is 0.170 e. The Labute approximate surface area is 124 Å². The highest BCUT2D eigenvalue weighted by Crippen LogP contribution is 2.27. The van der Waals surface area contributed by atoms with Crippen molar-refractivity contribution in [2.75, 3.05) is 23.7 Å². The van der Waals surface area contributed by atoms with Gasteiger partial charge in [0.15, 0.2) is 11.6 Å². The molecule has 1 aromatic heterocycles. The zero-order chi connectivity index (χ0) is 13.9. The molecular weight excluding hydrogens is 273 g/mol. The molecule has 1 aliphatic heterocycles. The topological polar surface area (TPSA) is 28.2 Å². The monoisotopic (exact) mass is 295 g/mol. The zero-order valence-electron chi connectivity index (χ0n) is 11.9. The molecule has 1 aliphatic carbocycles. The molecule has 0 radical (unpaired) electrons. The summed E-state index contributed by atoms with van der Waals surface area (Å²) in [6.45, 7) is 4.61. The lowest BCUT2D eigenvalue weighted by Crippen LogP contribution is -2.38. The van der Waals surface area contributed by atoms with E-state index in [1.54, 1.807) is 12.3 Å². The summed E-state index contributed by atoms with van der Waals surface area (Å²) in [4.78, 5) is 6.40. The molecule has 1 saturated carbocycles. The van der Waals surface area contributed by atoms with Crippen LogP contribution in [0, 0.1) is 5.82 Å². The smallest absolute Gasteiger partial charge is 0.170 e. The first kappa shape index (κ1) is 14.1. The van der Waals surface area contributed by atoms with Crippen molar-refractivity contribution in [2.24, 2.45) is 0 Å². The molecule has 2 aliphatic rings. The first-order chi connectivity index (χ1) is 9.78. The molecule has 0 spiro atoms. The number of hydrogen-bond acceptors (Lipinski definition) is 4. The molecule has 5 heteroatoms. The van der Waals surface area contributed by atoms with Crippen LogP contribution in [0.25, 0.3) is 0 Å². The van der Waals surface area contributed by atoms with Gasteiger partial charge >= 0.3 is 0 Å². The predicted molar refractivity (Wildman–Crippen MR) is 82.8 cm³/mol. The van der Waals surface area contributed by atoms with Crippen LogP contribution in [-0.4, -0.2) is 35.1 Å². The van der Waals surface area contributed by atoms with Crippen molar-refractivity contribution in [1.29, 1.82) is 0 Å². The molecule has 0 aromatic carbocycles. The highest BCUT2D eigenvalue weighted by atomic mass is 32.2. The fourth-order valence-corrected chi connectivity index (χ4v) is 3.71. The van der Waals surface area contributed by atoms with Gasteiger partial charge in [-0.2, -0.15) is 11.8 Å². The average Bonchev–Trinajstić information content (AvgIpc) is 3.30. The van der Waals surface area contributed by atoms with E-state index in [-0.39, 0.29) is 5.82 Å². The molecule has 3 nitrogen and oxygen atoms in total. The Hall–Kier alpha value is -0.810. The van der Waals surface area contributed by atoms with E-state index in [0.717, 1.165) is 30.8 Å². The van der Waals surface area contributed by atoms with E-state index in [1.807, 2.05) is 11.8 Å². The lowest BCUT2D eigenvalue weighted by molar-refractivity contribution is 0.572. The average molecular weight is 295 g/mol. The second kappa shape index (κ2) is 6.31. The summed E-state index contributed by atoms with van der Waals surface area (Å²) in [5.41, 5.74) is 0.744. The minimum atomic E-state index is -0.137. The van der Waals surface area contributed by atoms with E-state index >= 15 is 0 Å². The van der Waals surface area contributed by atoms with Crippen molar-refractivity contribution in [3.05, 3.63) is 23.6 Å². The van der Waals surface area contributed by atoms with E-state index < -0.39 is 0 Å². The first-order valence-electron chi connectivity index (χ1n) is 7.51. The molecule has 1 unspecified atom stereocenters. The van der Waals surface area contributed by atoms with E-state index in [1.165, 1.54) is 12.8 Å². The van der Waals surface area contributed by atoms with Gasteiger partial charge in [0.2, 0.25) is 0 Å². The normalized spacial score (nSPS) is 23.1. The van der Waals surface area contributed by atoms with Crippen molar-refractivity contribution < 1.29 is 4.39 Å². The van der Waals surface area contributed by atoms with E-state index in [0.29, 0.717) is 23.7 Å². The van der Waals surface area contributed by atoms with Crippen LogP contribution in [0.3, 0.4) is 0 Å². The van der Waals surface area contributed by atoms with Crippen LogP contribution in [0.4, 0.5) is 10.2 Å². The van der Waals surface area contributed by atoms with E-state index in [2.05, 4.69) is 22.1 Å². The number of nitrogens with one attached hydrogen (secondary N) is 1. The van der Waals surface area contributed by atoms with Gasteiger partial charge in [-0.15, -0.1) is 0 Å². The summed E-state index contributed by atoms with van der Waals surface area (Å²) < 4.78 is 14.6. The molecule has 1 atom stereocenters. The van der Waals surface area contributed by atoms with Gasteiger partial charge in [-0.3, -0.25) is 0 Å². The van der Waals surface area contributed by atoms with Crippen molar-refractivity contribution in [3.8, 4) is 0 Å². The summed E-state index contributed by atoms with van der Waals surface area (Å²) in [7, 11) is 0. The Morgan fingerprint density at radius 1 is 1.50 bits per heavy atom. The molecule has 3 rings (SSSR count). The van der Waals surface area contributed by atoms with Crippen molar-refractivity contribution in [3.63, 3.8) is 0 Å². The Balaban J connectivity index is 1.72.